The third-order valence-corrected chi connectivity index (χ3v) is 7.11. The van der Waals surface area contributed by atoms with Crippen LogP contribution in [0.2, 0.25) is 0 Å². The van der Waals surface area contributed by atoms with Gasteiger partial charge >= 0.3 is 0 Å². The van der Waals surface area contributed by atoms with Crippen molar-refractivity contribution >= 4 is 21.6 Å². The number of thioether (sulfide) groups is 1. The van der Waals surface area contributed by atoms with Crippen molar-refractivity contribution in [1.82, 2.24) is 16.0 Å². The molecule has 0 aliphatic carbocycles. The highest BCUT2D eigenvalue weighted by Crippen LogP contribution is 2.25. The smallest absolute Gasteiger partial charge is 0.175 e. The van der Waals surface area contributed by atoms with Crippen LogP contribution in [-0.2, 0) is 9.84 Å². The van der Waals surface area contributed by atoms with Gasteiger partial charge in [-0.2, -0.15) is 11.8 Å². The van der Waals surface area contributed by atoms with E-state index in [4.69, 9.17) is 5.73 Å². The Morgan fingerprint density at radius 2 is 2.08 bits per heavy atom. The Hall–Kier alpha value is -0.640. The van der Waals surface area contributed by atoms with Crippen LogP contribution in [0.25, 0.3) is 0 Å². The molecule has 2 fully saturated rings. The molecule has 4 atom stereocenters. The predicted molar refractivity (Wildman–Crippen MR) is 98.7 cm³/mol. The maximum absolute atomic E-state index is 11.6. The minimum absolute atomic E-state index is 0.0545. The molecule has 134 valence electrons. The molecular formula is C16H26N4O2S2. The van der Waals surface area contributed by atoms with Gasteiger partial charge in [0.2, 0.25) is 0 Å². The van der Waals surface area contributed by atoms with Gasteiger partial charge in [0.15, 0.2) is 9.84 Å². The third-order valence-electron chi connectivity index (χ3n) is 4.58. The minimum Gasteiger partial charge on any atom is -0.314 e. The summed E-state index contributed by atoms with van der Waals surface area (Å²) in [5.41, 5.74) is 7.18. The van der Waals surface area contributed by atoms with Crippen molar-refractivity contribution in [3.05, 3.63) is 29.8 Å². The van der Waals surface area contributed by atoms with Crippen molar-refractivity contribution in [1.29, 1.82) is 0 Å². The largest absolute Gasteiger partial charge is 0.314 e. The Labute approximate surface area is 148 Å². The van der Waals surface area contributed by atoms with E-state index in [0.717, 1.165) is 18.7 Å². The molecule has 8 heteroatoms. The van der Waals surface area contributed by atoms with Crippen molar-refractivity contribution in [2.45, 2.75) is 41.4 Å². The molecule has 6 nitrogen and oxygen atoms in total. The van der Waals surface area contributed by atoms with E-state index in [0.29, 0.717) is 10.1 Å². The minimum atomic E-state index is -3.17. The van der Waals surface area contributed by atoms with Crippen LogP contribution in [-0.4, -0.2) is 51.1 Å². The lowest BCUT2D eigenvalue weighted by Crippen LogP contribution is -2.64. The summed E-state index contributed by atoms with van der Waals surface area (Å²) in [6, 6.07) is 6.91. The highest BCUT2D eigenvalue weighted by molar-refractivity contribution is 8.00. The quantitative estimate of drug-likeness (QED) is 0.596. The van der Waals surface area contributed by atoms with Crippen LogP contribution in [0.4, 0.5) is 0 Å². The van der Waals surface area contributed by atoms with Crippen LogP contribution < -0.4 is 21.7 Å². The number of hydrogen-bond acceptors (Lipinski definition) is 7. The van der Waals surface area contributed by atoms with E-state index in [1.807, 2.05) is 23.9 Å². The van der Waals surface area contributed by atoms with Gasteiger partial charge in [0, 0.05) is 24.6 Å². The molecule has 5 N–H and O–H groups in total. The molecule has 4 unspecified atom stereocenters. The Morgan fingerprint density at radius 3 is 2.71 bits per heavy atom. The second-order valence-corrected chi connectivity index (χ2v) is 9.94. The van der Waals surface area contributed by atoms with Crippen molar-refractivity contribution in [3.63, 3.8) is 0 Å². The first-order valence-corrected chi connectivity index (χ1v) is 11.3. The van der Waals surface area contributed by atoms with E-state index >= 15 is 0 Å². The molecule has 24 heavy (non-hydrogen) atoms. The lowest BCUT2D eigenvalue weighted by molar-refractivity contribution is 0.245. The Kier molecular flexibility index (Phi) is 5.84. The van der Waals surface area contributed by atoms with Gasteiger partial charge < -0.3 is 5.73 Å². The van der Waals surface area contributed by atoms with Gasteiger partial charge in [-0.3, -0.25) is 16.0 Å². The van der Waals surface area contributed by atoms with Crippen LogP contribution in [0.15, 0.2) is 29.2 Å². The molecular weight excluding hydrogens is 344 g/mol. The van der Waals surface area contributed by atoms with Gasteiger partial charge in [-0.15, -0.1) is 0 Å². The first-order chi connectivity index (χ1) is 11.4. The van der Waals surface area contributed by atoms with Gasteiger partial charge in [-0.05, 0) is 36.3 Å². The lowest BCUT2D eigenvalue weighted by Gasteiger charge is -2.37. The molecule has 0 spiro atoms. The zero-order valence-electron chi connectivity index (χ0n) is 13.9. The molecule has 0 amide bonds. The van der Waals surface area contributed by atoms with Crippen LogP contribution in [0.3, 0.4) is 0 Å². The maximum Gasteiger partial charge on any atom is 0.175 e. The molecule has 0 radical (unpaired) electrons. The van der Waals surface area contributed by atoms with Crippen LogP contribution in [0.5, 0.6) is 0 Å². The summed E-state index contributed by atoms with van der Waals surface area (Å²) in [5, 5.41) is 11.2. The number of hydrogen-bond donors (Lipinski definition) is 4. The molecule has 0 aromatic heterocycles. The summed E-state index contributed by atoms with van der Waals surface area (Å²) >= 11 is 2.04. The summed E-state index contributed by atoms with van der Waals surface area (Å²) < 4.78 is 23.2. The Morgan fingerprint density at radius 1 is 1.33 bits per heavy atom. The average molecular weight is 371 g/mol. The summed E-state index contributed by atoms with van der Waals surface area (Å²) in [7, 11) is -3.17. The molecule has 2 aliphatic heterocycles. The van der Waals surface area contributed by atoms with Gasteiger partial charge in [0.05, 0.1) is 23.3 Å². The Balaban J connectivity index is 1.62. The highest BCUT2D eigenvalue weighted by Gasteiger charge is 2.29. The highest BCUT2D eigenvalue weighted by atomic mass is 32.2. The molecule has 0 bridgehead atoms. The molecule has 2 heterocycles. The summed E-state index contributed by atoms with van der Waals surface area (Å²) in [6.07, 6.45) is 3.77. The van der Waals surface area contributed by atoms with Gasteiger partial charge in [-0.1, -0.05) is 12.1 Å². The van der Waals surface area contributed by atoms with Crippen molar-refractivity contribution in [2.75, 3.05) is 25.1 Å². The molecule has 1 aromatic rings. The monoisotopic (exact) mass is 370 g/mol. The van der Waals surface area contributed by atoms with Crippen molar-refractivity contribution in [2.24, 2.45) is 5.73 Å². The number of nitrogens with two attached hydrogens (primary N) is 1. The van der Waals surface area contributed by atoms with Crippen molar-refractivity contribution < 1.29 is 8.42 Å². The fourth-order valence-corrected chi connectivity index (χ4v) is 5.03. The predicted octanol–water partition coefficient (Wildman–Crippen LogP) is 0.420. The van der Waals surface area contributed by atoms with Gasteiger partial charge in [0.1, 0.15) is 0 Å². The van der Waals surface area contributed by atoms with E-state index in [1.165, 1.54) is 24.9 Å². The number of benzene rings is 1. The van der Waals surface area contributed by atoms with Gasteiger partial charge in [0.25, 0.3) is 0 Å². The second kappa shape index (κ2) is 7.72. The van der Waals surface area contributed by atoms with Crippen LogP contribution in [0.1, 0.15) is 24.4 Å². The molecule has 2 saturated heterocycles. The lowest BCUT2D eigenvalue weighted by atomic mass is 10.0. The normalized spacial score (nSPS) is 31.2. The van der Waals surface area contributed by atoms with E-state index in [-0.39, 0.29) is 18.4 Å². The summed E-state index contributed by atoms with van der Waals surface area (Å²) in [6.45, 7) is 1.77. The third kappa shape index (κ3) is 4.50. The van der Waals surface area contributed by atoms with Crippen molar-refractivity contribution in [3.8, 4) is 0 Å². The number of sulfone groups is 1. The SMILES string of the molecule is CS(=O)(=O)c1ccc(C2NC(NCC3CCCS3)CNC2N)cc1. The fourth-order valence-electron chi connectivity index (χ4n) is 3.19. The summed E-state index contributed by atoms with van der Waals surface area (Å²) in [5.74, 6) is 1.27. The zero-order valence-corrected chi connectivity index (χ0v) is 15.5. The number of nitrogens with one attached hydrogen (secondary N) is 3. The first-order valence-electron chi connectivity index (χ1n) is 8.33. The maximum atomic E-state index is 11.6. The van der Waals surface area contributed by atoms with E-state index in [9.17, 15) is 8.42 Å². The second-order valence-electron chi connectivity index (χ2n) is 6.52. The molecule has 2 aliphatic rings. The van der Waals surface area contributed by atoms with E-state index < -0.39 is 9.84 Å². The number of rotatable bonds is 5. The molecule has 0 saturated carbocycles. The number of piperazine rings is 1. The van der Waals surface area contributed by atoms with Crippen LogP contribution in [0, 0.1) is 0 Å². The van der Waals surface area contributed by atoms with E-state index in [2.05, 4.69) is 16.0 Å². The van der Waals surface area contributed by atoms with E-state index in [1.54, 1.807) is 12.1 Å². The Bertz CT molecular complexity index is 645. The first kappa shape index (κ1) is 18.2. The molecule has 3 rings (SSSR count). The van der Waals surface area contributed by atoms with Crippen LogP contribution >= 0.6 is 11.8 Å². The topological polar surface area (TPSA) is 96.2 Å². The average Bonchev–Trinajstić information content (AvgIpc) is 3.07. The zero-order chi connectivity index (χ0) is 17.2. The molecule has 1 aromatic carbocycles. The summed E-state index contributed by atoms with van der Waals surface area (Å²) in [4.78, 5) is 0.330. The van der Waals surface area contributed by atoms with Gasteiger partial charge in [-0.25, -0.2) is 8.42 Å². The fraction of sp³-hybridized carbons (Fsp3) is 0.625. The standard InChI is InChI=1S/C16H26N4O2S2/c1-24(21,22)13-6-4-11(5-7-13)15-16(17)19-10-14(20-15)18-9-12-3-2-8-23-12/h4-7,12,14-16,18-20H,2-3,8-10,17H2,1H3.